The molecule has 1 amide bonds. The van der Waals surface area contributed by atoms with Gasteiger partial charge in [0.2, 0.25) is 5.91 Å². The summed E-state index contributed by atoms with van der Waals surface area (Å²) in [5.74, 6) is 6.44. The van der Waals surface area contributed by atoms with Crippen molar-refractivity contribution in [3.8, 4) is 11.8 Å². The predicted octanol–water partition coefficient (Wildman–Crippen LogP) is 3.06. The van der Waals surface area contributed by atoms with Crippen LogP contribution >= 0.6 is 0 Å². The molecule has 0 aliphatic carbocycles. The van der Waals surface area contributed by atoms with Crippen LogP contribution in [0, 0.1) is 24.7 Å². The molecule has 0 bridgehead atoms. The molecule has 1 heterocycles. The van der Waals surface area contributed by atoms with Crippen LogP contribution in [0.15, 0.2) is 24.3 Å². The number of hydrogen-bond acceptors (Lipinski definition) is 3. The molecule has 0 aromatic heterocycles. The lowest BCUT2D eigenvalue weighted by Gasteiger charge is -2.30. The summed E-state index contributed by atoms with van der Waals surface area (Å²) in [5.41, 5.74) is 2.55. The Morgan fingerprint density at radius 2 is 2.12 bits per heavy atom. The van der Waals surface area contributed by atoms with E-state index in [1.165, 1.54) is 11.3 Å². The molecule has 1 aliphatic heterocycles. The molecule has 2 rings (SSSR count). The van der Waals surface area contributed by atoms with Crippen LogP contribution in [-0.4, -0.2) is 50.1 Å². The second kappa shape index (κ2) is 10.9. The van der Waals surface area contributed by atoms with E-state index in [-0.39, 0.29) is 11.8 Å². The van der Waals surface area contributed by atoms with Crippen LogP contribution in [0.3, 0.4) is 0 Å². The van der Waals surface area contributed by atoms with E-state index in [4.69, 9.17) is 0 Å². The monoisotopic (exact) mass is 355 g/mol. The van der Waals surface area contributed by atoms with Crippen LogP contribution in [0.5, 0.6) is 0 Å². The summed E-state index contributed by atoms with van der Waals surface area (Å²) in [5, 5.41) is 3.14. The van der Waals surface area contributed by atoms with Gasteiger partial charge in [-0.1, -0.05) is 18.1 Å². The van der Waals surface area contributed by atoms with E-state index in [0.29, 0.717) is 0 Å². The zero-order valence-corrected chi connectivity index (χ0v) is 16.6. The molecule has 1 aromatic carbocycles. The molecule has 0 saturated carbocycles. The molecule has 0 spiro atoms. The van der Waals surface area contributed by atoms with Gasteiger partial charge in [0.15, 0.2) is 0 Å². The Morgan fingerprint density at radius 3 is 2.77 bits per heavy atom. The summed E-state index contributed by atoms with van der Waals surface area (Å²) in [7, 11) is 0. The van der Waals surface area contributed by atoms with Crippen molar-refractivity contribution >= 4 is 11.6 Å². The zero-order chi connectivity index (χ0) is 18.8. The number of amides is 1. The number of hydrogen-bond donors (Lipinski definition) is 1. The third kappa shape index (κ3) is 6.38. The number of nitrogens with zero attached hydrogens (tertiary/aromatic N) is 2. The van der Waals surface area contributed by atoms with E-state index in [1.807, 2.05) is 6.92 Å². The van der Waals surface area contributed by atoms with Crippen molar-refractivity contribution in [3.05, 3.63) is 29.8 Å². The number of anilines is 1. The topological polar surface area (TPSA) is 35.6 Å². The Bertz CT molecular complexity index is 624. The maximum absolute atomic E-state index is 12.4. The van der Waals surface area contributed by atoms with Gasteiger partial charge in [-0.2, -0.15) is 0 Å². The Balaban J connectivity index is 1.67. The van der Waals surface area contributed by atoms with Crippen molar-refractivity contribution < 1.29 is 4.79 Å². The molecule has 4 nitrogen and oxygen atoms in total. The van der Waals surface area contributed by atoms with E-state index in [2.05, 4.69) is 65.1 Å². The Hall–Kier alpha value is -1.99. The number of likely N-dealkylation sites (tertiary alicyclic amines) is 1. The van der Waals surface area contributed by atoms with E-state index in [0.717, 1.165) is 58.5 Å². The third-order valence-corrected chi connectivity index (χ3v) is 5.09. The van der Waals surface area contributed by atoms with Crippen molar-refractivity contribution in [2.24, 2.45) is 5.92 Å². The van der Waals surface area contributed by atoms with E-state index >= 15 is 0 Å². The molecule has 0 unspecified atom stereocenters. The highest BCUT2D eigenvalue weighted by Gasteiger charge is 2.24. The standard InChI is InChI=1S/C22H33N3O/c1-4-6-14-24-16-11-20(12-17-24)22(26)23-13-8-15-25(5-2)21-10-7-9-19(3)18-21/h7,9-10,18,20H,5,8,11-17H2,1-3H3,(H,23,26). The van der Waals surface area contributed by atoms with Crippen LogP contribution in [0.25, 0.3) is 0 Å². The van der Waals surface area contributed by atoms with Crippen molar-refractivity contribution in [1.82, 2.24) is 10.2 Å². The Kier molecular flexibility index (Phi) is 8.50. The van der Waals surface area contributed by atoms with Crippen molar-refractivity contribution in [3.63, 3.8) is 0 Å². The predicted molar refractivity (Wildman–Crippen MR) is 109 cm³/mol. The maximum atomic E-state index is 12.4. The summed E-state index contributed by atoms with van der Waals surface area (Å²) < 4.78 is 0. The van der Waals surface area contributed by atoms with Crippen LogP contribution in [0.4, 0.5) is 5.69 Å². The number of benzene rings is 1. The molecule has 1 saturated heterocycles. The van der Waals surface area contributed by atoms with E-state index in [1.54, 1.807) is 0 Å². The van der Waals surface area contributed by atoms with Gasteiger partial charge in [0.25, 0.3) is 0 Å². The fourth-order valence-electron chi connectivity index (χ4n) is 3.46. The number of nitrogens with one attached hydrogen (secondary N) is 1. The average Bonchev–Trinajstić information content (AvgIpc) is 2.66. The molecular formula is C22H33N3O. The number of piperidine rings is 1. The first-order valence-corrected chi connectivity index (χ1v) is 9.85. The lowest BCUT2D eigenvalue weighted by atomic mass is 9.96. The van der Waals surface area contributed by atoms with Gasteiger partial charge in [0, 0.05) is 31.2 Å². The first kappa shape index (κ1) is 20.3. The minimum absolute atomic E-state index is 0.167. The van der Waals surface area contributed by atoms with Crippen molar-refractivity contribution in [1.29, 1.82) is 0 Å². The molecule has 1 aliphatic rings. The minimum Gasteiger partial charge on any atom is -0.372 e. The van der Waals surface area contributed by atoms with Gasteiger partial charge >= 0.3 is 0 Å². The smallest absolute Gasteiger partial charge is 0.223 e. The number of aryl methyl sites for hydroxylation is 1. The van der Waals surface area contributed by atoms with Gasteiger partial charge in [-0.3, -0.25) is 9.69 Å². The summed E-state index contributed by atoms with van der Waals surface area (Å²) in [6.45, 7) is 11.7. The first-order valence-electron chi connectivity index (χ1n) is 9.85. The molecule has 4 heteroatoms. The second-order valence-corrected chi connectivity index (χ2v) is 7.04. The first-order chi connectivity index (χ1) is 12.6. The van der Waals surface area contributed by atoms with Gasteiger partial charge in [0.05, 0.1) is 6.54 Å². The number of carbonyl (C=O) groups is 1. The van der Waals surface area contributed by atoms with E-state index < -0.39 is 0 Å². The number of rotatable bonds is 8. The van der Waals surface area contributed by atoms with Gasteiger partial charge < -0.3 is 10.2 Å². The van der Waals surface area contributed by atoms with E-state index in [9.17, 15) is 4.79 Å². The summed E-state index contributed by atoms with van der Waals surface area (Å²) in [6.07, 6.45) is 2.86. The van der Waals surface area contributed by atoms with Crippen molar-refractivity contribution in [2.75, 3.05) is 44.2 Å². The Morgan fingerprint density at radius 1 is 1.35 bits per heavy atom. The molecule has 0 atom stereocenters. The highest BCUT2D eigenvalue weighted by Crippen LogP contribution is 2.17. The third-order valence-electron chi connectivity index (χ3n) is 5.09. The Labute approximate surface area is 158 Å². The normalized spacial score (nSPS) is 15.2. The van der Waals surface area contributed by atoms with Gasteiger partial charge in [-0.15, -0.1) is 5.92 Å². The summed E-state index contributed by atoms with van der Waals surface area (Å²) >= 11 is 0. The number of carbonyl (C=O) groups excluding carboxylic acids is 1. The van der Waals surface area contributed by atoms with Crippen LogP contribution < -0.4 is 10.2 Å². The molecule has 0 radical (unpaired) electrons. The fraction of sp³-hybridized carbons (Fsp3) is 0.591. The minimum atomic E-state index is 0.167. The summed E-state index contributed by atoms with van der Waals surface area (Å²) in [6, 6.07) is 8.61. The largest absolute Gasteiger partial charge is 0.372 e. The molecular weight excluding hydrogens is 322 g/mol. The van der Waals surface area contributed by atoms with Crippen LogP contribution in [0.2, 0.25) is 0 Å². The van der Waals surface area contributed by atoms with Crippen LogP contribution in [-0.2, 0) is 4.79 Å². The highest BCUT2D eigenvalue weighted by molar-refractivity contribution is 5.78. The molecule has 26 heavy (non-hydrogen) atoms. The van der Waals surface area contributed by atoms with Crippen molar-refractivity contribution in [2.45, 2.75) is 40.0 Å². The lowest BCUT2D eigenvalue weighted by molar-refractivity contribution is -0.126. The molecule has 1 aromatic rings. The SMILES string of the molecule is CC#CCN1CCC(C(=O)NCCCN(CC)c2cccc(C)c2)CC1. The molecule has 142 valence electrons. The second-order valence-electron chi connectivity index (χ2n) is 7.04. The van der Waals surface area contributed by atoms with Gasteiger partial charge in [-0.05, 0) is 70.8 Å². The van der Waals surface area contributed by atoms with Crippen LogP contribution in [0.1, 0.15) is 38.7 Å². The van der Waals surface area contributed by atoms with Gasteiger partial charge in [-0.25, -0.2) is 0 Å². The highest BCUT2D eigenvalue weighted by atomic mass is 16.1. The quantitative estimate of drug-likeness (QED) is 0.575. The molecule has 1 N–H and O–H groups in total. The molecule has 1 fully saturated rings. The summed E-state index contributed by atoms with van der Waals surface area (Å²) in [4.78, 5) is 17.1. The maximum Gasteiger partial charge on any atom is 0.223 e. The average molecular weight is 356 g/mol. The van der Waals surface area contributed by atoms with Gasteiger partial charge in [0.1, 0.15) is 0 Å². The lowest BCUT2D eigenvalue weighted by Crippen LogP contribution is -2.41. The zero-order valence-electron chi connectivity index (χ0n) is 16.6. The fourth-order valence-corrected chi connectivity index (χ4v) is 3.46.